The number of carbonyl (C=O) groups is 1. The summed E-state index contributed by atoms with van der Waals surface area (Å²) >= 11 is 0. The summed E-state index contributed by atoms with van der Waals surface area (Å²) in [4.78, 5) is 26.5. The van der Waals surface area contributed by atoms with Crippen molar-refractivity contribution in [2.24, 2.45) is 0 Å². The molecule has 8 heteroatoms. The van der Waals surface area contributed by atoms with Crippen LogP contribution in [0.4, 0.5) is 0 Å². The number of hydrogen-bond donors (Lipinski definition) is 0. The molecule has 3 aromatic rings. The third-order valence-electron chi connectivity index (χ3n) is 6.01. The van der Waals surface area contributed by atoms with Gasteiger partial charge in [-0.15, -0.1) is 0 Å². The van der Waals surface area contributed by atoms with E-state index in [1.54, 1.807) is 17.1 Å². The highest BCUT2D eigenvalue weighted by atomic mass is 16.3. The number of likely N-dealkylation sites (N-methyl/N-ethyl adjacent to an activating group) is 1. The maximum absolute atomic E-state index is 13.3. The van der Waals surface area contributed by atoms with Crippen LogP contribution in [0.3, 0.4) is 0 Å². The lowest BCUT2D eigenvalue weighted by Gasteiger charge is -2.20. The SMILES string of the molecule is Cc1ccc(-c2ccnc(-n3ncc(C(=O)N4CCC(N(C)C)C4)c3C3CC3)n2)o1. The number of carbonyl (C=O) groups excluding carboxylic acids is 1. The van der Waals surface area contributed by atoms with Gasteiger partial charge in [0.1, 0.15) is 11.5 Å². The second kappa shape index (κ2) is 7.36. The van der Waals surface area contributed by atoms with E-state index in [4.69, 9.17) is 4.42 Å². The average Bonchev–Trinajstić information content (AvgIpc) is 3.14. The van der Waals surface area contributed by atoms with E-state index in [0.717, 1.165) is 43.8 Å². The first kappa shape index (κ1) is 19.0. The Morgan fingerprint density at radius 3 is 2.70 bits per heavy atom. The minimum Gasteiger partial charge on any atom is -0.460 e. The number of likely N-dealkylation sites (tertiary alicyclic amines) is 1. The summed E-state index contributed by atoms with van der Waals surface area (Å²) in [7, 11) is 4.13. The van der Waals surface area contributed by atoms with Gasteiger partial charge in [-0.2, -0.15) is 5.10 Å². The molecule has 1 saturated carbocycles. The van der Waals surface area contributed by atoms with Crippen molar-refractivity contribution in [1.82, 2.24) is 29.5 Å². The van der Waals surface area contributed by atoms with E-state index in [2.05, 4.69) is 34.1 Å². The van der Waals surface area contributed by atoms with Gasteiger partial charge in [-0.1, -0.05) is 0 Å². The molecule has 8 nitrogen and oxygen atoms in total. The largest absolute Gasteiger partial charge is 0.460 e. The van der Waals surface area contributed by atoms with Gasteiger partial charge in [0.2, 0.25) is 0 Å². The molecule has 0 aromatic carbocycles. The van der Waals surface area contributed by atoms with Crippen LogP contribution >= 0.6 is 0 Å². The number of aryl methyl sites for hydroxylation is 1. The van der Waals surface area contributed by atoms with Crippen LogP contribution < -0.4 is 0 Å². The summed E-state index contributed by atoms with van der Waals surface area (Å²) in [6.45, 7) is 3.44. The monoisotopic (exact) mass is 406 g/mol. The molecular weight excluding hydrogens is 380 g/mol. The zero-order valence-corrected chi connectivity index (χ0v) is 17.6. The Bertz CT molecular complexity index is 1080. The minimum absolute atomic E-state index is 0.0605. The highest BCUT2D eigenvalue weighted by Gasteiger charge is 2.36. The number of furan rings is 1. The molecule has 30 heavy (non-hydrogen) atoms. The fourth-order valence-electron chi connectivity index (χ4n) is 4.11. The summed E-state index contributed by atoms with van der Waals surface area (Å²) in [5.41, 5.74) is 2.31. The third-order valence-corrected chi connectivity index (χ3v) is 6.01. The Balaban J connectivity index is 1.48. The van der Waals surface area contributed by atoms with Crippen molar-refractivity contribution in [2.75, 3.05) is 27.2 Å². The Morgan fingerprint density at radius 1 is 1.20 bits per heavy atom. The molecule has 0 N–H and O–H groups in total. The number of aromatic nitrogens is 4. The molecular formula is C22H26N6O2. The lowest BCUT2D eigenvalue weighted by atomic mass is 10.1. The maximum atomic E-state index is 13.3. The second-order valence-electron chi connectivity index (χ2n) is 8.44. The smallest absolute Gasteiger partial charge is 0.257 e. The Hall–Kier alpha value is -3.00. The van der Waals surface area contributed by atoms with Gasteiger partial charge in [-0.05, 0) is 58.5 Å². The fraction of sp³-hybridized carbons (Fsp3) is 0.455. The zero-order chi connectivity index (χ0) is 20.8. The number of rotatable bonds is 5. The number of amides is 1. The van der Waals surface area contributed by atoms with Crippen molar-refractivity contribution >= 4 is 5.91 Å². The summed E-state index contributed by atoms with van der Waals surface area (Å²) < 4.78 is 7.45. The molecule has 1 saturated heterocycles. The molecule has 4 heterocycles. The van der Waals surface area contributed by atoms with Crippen molar-refractivity contribution in [3.63, 3.8) is 0 Å². The van der Waals surface area contributed by atoms with E-state index in [1.807, 2.05) is 30.0 Å². The van der Waals surface area contributed by atoms with Gasteiger partial charge in [0.15, 0.2) is 5.76 Å². The lowest BCUT2D eigenvalue weighted by Crippen LogP contribution is -2.34. The molecule has 1 aliphatic heterocycles. The van der Waals surface area contributed by atoms with Gasteiger partial charge in [0.05, 0.1) is 17.5 Å². The van der Waals surface area contributed by atoms with E-state index < -0.39 is 0 Å². The van der Waals surface area contributed by atoms with Crippen LogP contribution in [0.25, 0.3) is 17.4 Å². The molecule has 0 spiro atoms. The van der Waals surface area contributed by atoms with Gasteiger partial charge in [0.25, 0.3) is 11.9 Å². The summed E-state index contributed by atoms with van der Waals surface area (Å²) in [6.07, 6.45) is 6.51. The molecule has 5 rings (SSSR count). The molecule has 0 radical (unpaired) electrons. The second-order valence-corrected chi connectivity index (χ2v) is 8.44. The quantitative estimate of drug-likeness (QED) is 0.648. The predicted molar refractivity (Wildman–Crippen MR) is 112 cm³/mol. The Kier molecular flexibility index (Phi) is 4.66. The molecule has 1 atom stereocenters. The first-order chi connectivity index (χ1) is 14.5. The summed E-state index contributed by atoms with van der Waals surface area (Å²) in [6, 6.07) is 6.04. The third kappa shape index (κ3) is 3.41. The molecule has 156 valence electrons. The van der Waals surface area contributed by atoms with Gasteiger partial charge in [0, 0.05) is 31.2 Å². The van der Waals surface area contributed by atoms with Crippen molar-refractivity contribution < 1.29 is 9.21 Å². The predicted octanol–water partition coefficient (Wildman–Crippen LogP) is 2.88. The van der Waals surface area contributed by atoms with E-state index in [0.29, 0.717) is 34.9 Å². The fourth-order valence-corrected chi connectivity index (χ4v) is 4.11. The van der Waals surface area contributed by atoms with Crippen LogP contribution in [-0.4, -0.2) is 68.7 Å². The molecule has 2 fully saturated rings. The normalized spacial score (nSPS) is 19.1. The van der Waals surface area contributed by atoms with Crippen LogP contribution in [0.2, 0.25) is 0 Å². The van der Waals surface area contributed by atoms with Crippen LogP contribution in [0, 0.1) is 6.92 Å². The van der Waals surface area contributed by atoms with E-state index in [1.165, 1.54) is 0 Å². The van der Waals surface area contributed by atoms with Gasteiger partial charge in [-0.25, -0.2) is 14.6 Å². The molecule has 1 unspecified atom stereocenters. The molecule has 0 bridgehead atoms. The Labute approximate surface area is 175 Å². The molecule has 1 amide bonds. The zero-order valence-electron chi connectivity index (χ0n) is 17.6. The van der Waals surface area contributed by atoms with Crippen LogP contribution in [0.5, 0.6) is 0 Å². The van der Waals surface area contributed by atoms with Crippen molar-refractivity contribution in [2.45, 2.75) is 38.1 Å². The number of hydrogen-bond acceptors (Lipinski definition) is 6. The van der Waals surface area contributed by atoms with Crippen LogP contribution in [0.15, 0.2) is 35.0 Å². The van der Waals surface area contributed by atoms with Crippen LogP contribution in [-0.2, 0) is 0 Å². The standard InChI is InChI=1S/C22H26N6O2/c1-14-4-7-19(30-14)18-8-10-23-22(25-18)28-20(15-5-6-15)17(12-24-28)21(29)27-11-9-16(13-27)26(2)3/h4,7-8,10,12,15-16H,5-6,9,11,13H2,1-3H3. The van der Waals surface area contributed by atoms with Gasteiger partial charge in [-0.3, -0.25) is 4.79 Å². The summed E-state index contributed by atoms with van der Waals surface area (Å²) in [5, 5.41) is 4.54. The topological polar surface area (TPSA) is 80.3 Å². The molecule has 1 aliphatic carbocycles. The average molecular weight is 406 g/mol. The molecule has 3 aromatic heterocycles. The van der Waals surface area contributed by atoms with Crippen molar-refractivity contribution in [3.8, 4) is 17.4 Å². The van der Waals surface area contributed by atoms with Crippen molar-refractivity contribution in [3.05, 3.63) is 47.6 Å². The van der Waals surface area contributed by atoms with E-state index >= 15 is 0 Å². The number of nitrogens with zero attached hydrogens (tertiary/aromatic N) is 6. The minimum atomic E-state index is 0.0605. The maximum Gasteiger partial charge on any atom is 0.257 e. The molecule has 2 aliphatic rings. The Morgan fingerprint density at radius 2 is 2.03 bits per heavy atom. The van der Waals surface area contributed by atoms with Gasteiger partial charge >= 0.3 is 0 Å². The highest BCUT2D eigenvalue weighted by Crippen LogP contribution is 2.42. The first-order valence-electron chi connectivity index (χ1n) is 10.4. The van der Waals surface area contributed by atoms with Crippen LogP contribution in [0.1, 0.15) is 47.0 Å². The summed E-state index contributed by atoms with van der Waals surface area (Å²) in [5.74, 6) is 2.38. The lowest BCUT2D eigenvalue weighted by molar-refractivity contribution is 0.0782. The highest BCUT2D eigenvalue weighted by molar-refractivity contribution is 5.95. The van der Waals surface area contributed by atoms with E-state index in [9.17, 15) is 4.79 Å². The van der Waals surface area contributed by atoms with Gasteiger partial charge < -0.3 is 14.2 Å². The van der Waals surface area contributed by atoms with E-state index in [-0.39, 0.29) is 5.91 Å². The first-order valence-corrected chi connectivity index (χ1v) is 10.4. The van der Waals surface area contributed by atoms with Crippen molar-refractivity contribution in [1.29, 1.82) is 0 Å².